The first-order valence-corrected chi connectivity index (χ1v) is 6.51. The van der Waals surface area contributed by atoms with Crippen molar-refractivity contribution in [3.63, 3.8) is 0 Å². The van der Waals surface area contributed by atoms with E-state index >= 15 is 0 Å². The zero-order chi connectivity index (χ0) is 13.5. The van der Waals surface area contributed by atoms with Crippen LogP contribution in [0.5, 0.6) is 0 Å². The topological polar surface area (TPSA) is 56.4 Å². The zero-order valence-electron chi connectivity index (χ0n) is 12.2. The van der Waals surface area contributed by atoms with Crippen LogP contribution in [0.3, 0.4) is 0 Å². The summed E-state index contributed by atoms with van der Waals surface area (Å²) in [6.45, 7) is 10.6. The summed E-state index contributed by atoms with van der Waals surface area (Å²) in [7, 11) is 4.21. The van der Waals surface area contributed by atoms with E-state index in [0.29, 0.717) is 5.84 Å². The molecule has 0 bridgehead atoms. The molecule has 0 rings (SSSR count). The van der Waals surface area contributed by atoms with E-state index in [2.05, 4.69) is 30.8 Å². The predicted octanol–water partition coefficient (Wildman–Crippen LogP) is 1.61. The average Bonchev–Trinajstić information content (AvgIpc) is 2.22. The number of nitrogens with two attached hydrogens (primary N) is 1. The van der Waals surface area contributed by atoms with Gasteiger partial charge in [0.05, 0.1) is 5.84 Å². The van der Waals surface area contributed by atoms with E-state index in [1.165, 1.54) is 6.42 Å². The molecule has 3 N–H and O–H groups in total. The Bertz CT molecular complexity index is 223. The van der Waals surface area contributed by atoms with Crippen molar-refractivity contribution in [1.29, 1.82) is 5.41 Å². The van der Waals surface area contributed by atoms with Crippen LogP contribution in [0.15, 0.2) is 0 Å². The largest absolute Gasteiger partial charge is 0.387 e. The third kappa shape index (κ3) is 7.34. The molecule has 17 heavy (non-hydrogen) atoms. The monoisotopic (exact) mass is 242 g/mol. The molecule has 0 saturated heterocycles. The maximum Gasteiger partial charge on any atom is 0.0963 e. The van der Waals surface area contributed by atoms with Crippen LogP contribution in [0.25, 0.3) is 0 Å². The first kappa shape index (κ1) is 16.4. The Kier molecular flexibility index (Phi) is 7.39. The predicted molar refractivity (Wildman–Crippen MR) is 75.6 cm³/mol. The van der Waals surface area contributed by atoms with E-state index < -0.39 is 0 Å². The van der Waals surface area contributed by atoms with Gasteiger partial charge >= 0.3 is 0 Å². The van der Waals surface area contributed by atoms with Crippen molar-refractivity contribution >= 4 is 5.84 Å². The third-order valence-electron chi connectivity index (χ3n) is 3.31. The van der Waals surface area contributed by atoms with Gasteiger partial charge in [-0.15, -0.1) is 0 Å². The average molecular weight is 242 g/mol. The highest BCUT2D eigenvalue weighted by Crippen LogP contribution is 2.20. The number of rotatable bonds is 9. The molecule has 0 fully saturated rings. The van der Waals surface area contributed by atoms with Gasteiger partial charge in [-0.05, 0) is 53.1 Å². The standard InChI is InChI=1S/C13H30N4/c1-6-17(10-7-9-16(4)5)11-8-13(2,3)12(14)15/h6-11H2,1-5H3,(H3,14,15). The van der Waals surface area contributed by atoms with Crippen LogP contribution in [0, 0.1) is 10.8 Å². The summed E-state index contributed by atoms with van der Waals surface area (Å²) in [5.74, 6) is 0.293. The molecule has 0 aromatic heterocycles. The molecule has 0 aromatic rings. The highest BCUT2D eigenvalue weighted by atomic mass is 15.1. The van der Waals surface area contributed by atoms with Crippen molar-refractivity contribution in [3.05, 3.63) is 0 Å². The lowest BCUT2D eigenvalue weighted by Crippen LogP contribution is -2.36. The summed E-state index contributed by atoms with van der Waals surface area (Å²) in [5.41, 5.74) is 5.42. The van der Waals surface area contributed by atoms with E-state index in [-0.39, 0.29) is 5.41 Å². The second-order valence-electron chi connectivity index (χ2n) is 5.64. The molecule has 0 spiro atoms. The van der Waals surface area contributed by atoms with Gasteiger partial charge in [-0.1, -0.05) is 20.8 Å². The van der Waals surface area contributed by atoms with Crippen LogP contribution >= 0.6 is 0 Å². The first-order valence-electron chi connectivity index (χ1n) is 6.51. The molecule has 0 aliphatic rings. The van der Waals surface area contributed by atoms with Crippen molar-refractivity contribution in [1.82, 2.24) is 9.80 Å². The highest BCUT2D eigenvalue weighted by Gasteiger charge is 2.22. The Morgan fingerprint density at radius 2 is 1.76 bits per heavy atom. The number of hydrogen-bond acceptors (Lipinski definition) is 3. The van der Waals surface area contributed by atoms with E-state index in [4.69, 9.17) is 11.1 Å². The Hall–Kier alpha value is -0.610. The van der Waals surface area contributed by atoms with Crippen molar-refractivity contribution in [2.75, 3.05) is 40.3 Å². The minimum Gasteiger partial charge on any atom is -0.387 e. The number of nitrogens with zero attached hydrogens (tertiary/aromatic N) is 2. The Morgan fingerprint density at radius 3 is 2.18 bits per heavy atom. The first-order chi connectivity index (χ1) is 7.79. The van der Waals surface area contributed by atoms with Gasteiger partial charge in [-0.3, -0.25) is 5.41 Å². The molecule has 0 aliphatic heterocycles. The Morgan fingerprint density at radius 1 is 1.18 bits per heavy atom. The van der Waals surface area contributed by atoms with Gasteiger partial charge < -0.3 is 15.5 Å². The lowest BCUT2D eigenvalue weighted by Gasteiger charge is -2.28. The Balaban J connectivity index is 3.93. The molecule has 0 aliphatic carbocycles. The van der Waals surface area contributed by atoms with Gasteiger partial charge in [0.15, 0.2) is 0 Å². The van der Waals surface area contributed by atoms with Crippen molar-refractivity contribution < 1.29 is 0 Å². The van der Waals surface area contributed by atoms with E-state index in [1.54, 1.807) is 0 Å². The zero-order valence-corrected chi connectivity index (χ0v) is 12.2. The summed E-state index contributed by atoms with van der Waals surface area (Å²) in [6.07, 6.45) is 2.15. The SMILES string of the molecule is CCN(CCCN(C)C)CCC(C)(C)C(=N)N. The lowest BCUT2D eigenvalue weighted by molar-refractivity contribution is 0.241. The van der Waals surface area contributed by atoms with Crippen molar-refractivity contribution in [2.24, 2.45) is 11.1 Å². The normalized spacial score (nSPS) is 12.4. The molecule has 0 unspecified atom stereocenters. The highest BCUT2D eigenvalue weighted by molar-refractivity contribution is 5.82. The van der Waals surface area contributed by atoms with E-state index in [0.717, 1.165) is 32.6 Å². The van der Waals surface area contributed by atoms with E-state index in [1.807, 2.05) is 13.8 Å². The third-order valence-corrected chi connectivity index (χ3v) is 3.31. The lowest BCUT2D eigenvalue weighted by atomic mass is 9.88. The molecule has 0 aromatic carbocycles. The molecule has 102 valence electrons. The van der Waals surface area contributed by atoms with Gasteiger partial charge in [-0.2, -0.15) is 0 Å². The summed E-state index contributed by atoms with van der Waals surface area (Å²) >= 11 is 0. The van der Waals surface area contributed by atoms with Crippen molar-refractivity contribution in [2.45, 2.75) is 33.6 Å². The number of hydrogen-bond donors (Lipinski definition) is 2. The Labute approximate surface area is 107 Å². The van der Waals surface area contributed by atoms with Crippen LogP contribution in [-0.4, -0.2) is 55.9 Å². The van der Waals surface area contributed by atoms with Gasteiger partial charge in [-0.25, -0.2) is 0 Å². The van der Waals surface area contributed by atoms with Gasteiger partial charge in [0.25, 0.3) is 0 Å². The van der Waals surface area contributed by atoms with Gasteiger partial charge in [0.1, 0.15) is 0 Å². The molecule has 0 saturated carbocycles. The fraction of sp³-hybridized carbons (Fsp3) is 0.923. The van der Waals surface area contributed by atoms with Crippen LogP contribution in [-0.2, 0) is 0 Å². The van der Waals surface area contributed by atoms with Gasteiger partial charge in [0.2, 0.25) is 0 Å². The molecule has 0 amide bonds. The van der Waals surface area contributed by atoms with Crippen LogP contribution < -0.4 is 5.73 Å². The summed E-state index contributed by atoms with van der Waals surface area (Å²) in [4.78, 5) is 4.65. The summed E-state index contributed by atoms with van der Waals surface area (Å²) in [6, 6.07) is 0. The minimum absolute atomic E-state index is 0.172. The second-order valence-corrected chi connectivity index (χ2v) is 5.64. The number of amidine groups is 1. The molecule has 4 heteroatoms. The van der Waals surface area contributed by atoms with Crippen LogP contribution in [0.1, 0.15) is 33.6 Å². The molecule has 0 radical (unpaired) electrons. The van der Waals surface area contributed by atoms with Crippen LogP contribution in [0.4, 0.5) is 0 Å². The molecule has 4 nitrogen and oxygen atoms in total. The van der Waals surface area contributed by atoms with Gasteiger partial charge in [0, 0.05) is 5.41 Å². The fourth-order valence-corrected chi connectivity index (χ4v) is 1.61. The number of nitrogens with one attached hydrogen (secondary N) is 1. The second kappa shape index (κ2) is 7.67. The van der Waals surface area contributed by atoms with E-state index in [9.17, 15) is 0 Å². The minimum atomic E-state index is -0.172. The summed E-state index contributed by atoms with van der Waals surface area (Å²) in [5, 5.41) is 7.55. The van der Waals surface area contributed by atoms with Crippen molar-refractivity contribution in [3.8, 4) is 0 Å². The molecule has 0 heterocycles. The molecule has 0 atom stereocenters. The maximum absolute atomic E-state index is 7.55. The maximum atomic E-state index is 7.55. The fourth-order valence-electron chi connectivity index (χ4n) is 1.61. The summed E-state index contributed by atoms with van der Waals surface area (Å²) < 4.78 is 0. The molecular formula is C13H30N4. The van der Waals surface area contributed by atoms with Crippen LogP contribution in [0.2, 0.25) is 0 Å². The quantitative estimate of drug-likeness (QED) is 0.477. The molecular weight excluding hydrogens is 212 g/mol. The smallest absolute Gasteiger partial charge is 0.0963 e.